The fraction of sp³-hybridized carbons (Fsp3) is 0.111. The first-order valence-corrected chi connectivity index (χ1v) is 7.41. The maximum Gasteiger partial charge on any atom is 0.169 e. The predicted octanol–water partition coefficient (Wildman–Crippen LogP) is 3.99. The van der Waals surface area contributed by atoms with Crippen LogP contribution in [-0.2, 0) is 0 Å². The lowest BCUT2D eigenvalue weighted by Crippen LogP contribution is -2.23. The molecule has 0 fully saturated rings. The van der Waals surface area contributed by atoms with Crippen molar-refractivity contribution in [1.29, 1.82) is 0 Å². The van der Waals surface area contributed by atoms with Crippen LogP contribution in [0.5, 0.6) is 23.0 Å². The quantitative estimate of drug-likeness (QED) is 0.796. The summed E-state index contributed by atoms with van der Waals surface area (Å²) in [6.45, 7) is -0.0608. The summed E-state index contributed by atoms with van der Waals surface area (Å²) in [6.07, 6.45) is 2.92. The summed E-state index contributed by atoms with van der Waals surface area (Å²) in [6, 6.07) is 14.6. The number of fused-ring (bicyclic) bond motifs is 2. The summed E-state index contributed by atoms with van der Waals surface area (Å²) >= 11 is 0. The number of rotatable bonds is 4. The highest BCUT2D eigenvalue weighted by molar-refractivity contribution is 5.45. The molecule has 0 radical (unpaired) electrons. The van der Waals surface area contributed by atoms with E-state index in [4.69, 9.17) is 18.9 Å². The molecule has 2 aromatic rings. The van der Waals surface area contributed by atoms with Crippen LogP contribution in [-0.4, -0.2) is 6.54 Å². The first-order valence-electron chi connectivity index (χ1n) is 7.41. The fourth-order valence-corrected chi connectivity index (χ4v) is 2.51. The molecular formula is C18H13NO5. The molecule has 0 unspecified atom stereocenters. The first kappa shape index (κ1) is 14.3. The van der Waals surface area contributed by atoms with Gasteiger partial charge in [-0.3, -0.25) is 0 Å². The Hall–Kier alpha value is -3.28. The number of hydrogen-bond donors (Lipinski definition) is 0. The number of hydrogen-bond acceptors (Lipinski definition) is 6. The third-order valence-electron chi connectivity index (χ3n) is 3.70. The minimum atomic E-state index is -0.538. The molecule has 2 aromatic carbocycles. The average molecular weight is 323 g/mol. The van der Waals surface area contributed by atoms with Crippen LogP contribution in [0.3, 0.4) is 0 Å². The number of ether oxygens (including phenoxy) is 4. The van der Waals surface area contributed by atoms with E-state index in [1.165, 1.54) is 12.5 Å². The lowest BCUT2D eigenvalue weighted by Gasteiger charge is -2.26. The van der Waals surface area contributed by atoms with Gasteiger partial charge in [0.25, 0.3) is 0 Å². The van der Waals surface area contributed by atoms with Crippen LogP contribution in [0.2, 0.25) is 0 Å². The molecule has 0 N–H and O–H groups in total. The number of nitroso groups, excluding NO2 is 1. The van der Waals surface area contributed by atoms with Crippen molar-refractivity contribution in [2.75, 3.05) is 6.54 Å². The van der Waals surface area contributed by atoms with Gasteiger partial charge < -0.3 is 18.9 Å². The average Bonchev–Trinajstić information content (AvgIpc) is 2.65. The normalized spacial score (nSPS) is 14.7. The van der Waals surface area contributed by atoms with Crippen molar-refractivity contribution in [3.05, 3.63) is 77.5 Å². The van der Waals surface area contributed by atoms with Crippen LogP contribution in [0.1, 0.15) is 0 Å². The Morgan fingerprint density at radius 3 is 1.67 bits per heavy atom. The van der Waals surface area contributed by atoms with E-state index >= 15 is 0 Å². The maximum atomic E-state index is 10.9. The molecule has 0 saturated carbocycles. The smallest absolute Gasteiger partial charge is 0.169 e. The van der Waals surface area contributed by atoms with Gasteiger partial charge in [-0.15, -0.1) is 0 Å². The van der Waals surface area contributed by atoms with Crippen molar-refractivity contribution in [3.8, 4) is 23.0 Å². The zero-order valence-corrected chi connectivity index (χ0v) is 12.5. The third kappa shape index (κ3) is 2.58. The molecule has 24 heavy (non-hydrogen) atoms. The molecule has 0 saturated heterocycles. The van der Waals surface area contributed by atoms with Gasteiger partial charge in [0.05, 0.1) is 6.54 Å². The summed E-state index contributed by atoms with van der Waals surface area (Å²) in [5, 5.41) is 3.00. The van der Waals surface area contributed by atoms with E-state index in [-0.39, 0.29) is 6.54 Å². The summed E-state index contributed by atoms with van der Waals surface area (Å²) in [5.74, 6) is 2.69. The van der Waals surface area contributed by atoms with E-state index in [9.17, 15) is 4.91 Å². The molecule has 2 heterocycles. The second kappa shape index (κ2) is 6.08. The lowest BCUT2D eigenvalue weighted by molar-refractivity contribution is 0.239. The molecule has 6 nitrogen and oxygen atoms in total. The van der Waals surface area contributed by atoms with Crippen LogP contribution in [0.4, 0.5) is 0 Å². The van der Waals surface area contributed by atoms with Gasteiger partial charge in [0.1, 0.15) is 18.4 Å². The Morgan fingerprint density at radius 2 is 1.21 bits per heavy atom. The SMILES string of the molecule is O=NCC(C1=COc2ccccc2O1)C1=COc2ccccc2O1. The van der Waals surface area contributed by atoms with E-state index in [1.54, 1.807) is 24.3 Å². The second-order valence-electron chi connectivity index (χ2n) is 5.24. The minimum Gasteiger partial charge on any atom is -0.458 e. The molecule has 0 aliphatic carbocycles. The molecule has 0 bridgehead atoms. The van der Waals surface area contributed by atoms with E-state index in [2.05, 4.69) is 5.18 Å². The molecule has 120 valence electrons. The molecular weight excluding hydrogens is 310 g/mol. The van der Waals surface area contributed by atoms with Gasteiger partial charge in [-0.05, 0) is 24.3 Å². The fourth-order valence-electron chi connectivity index (χ4n) is 2.51. The summed E-state index contributed by atoms with van der Waals surface area (Å²) in [7, 11) is 0. The van der Waals surface area contributed by atoms with Crippen LogP contribution in [0, 0.1) is 10.8 Å². The largest absolute Gasteiger partial charge is 0.458 e. The standard InChI is InChI=1S/C18H13NO5/c20-19-9-12(17-10-21-13-5-1-3-7-15(13)23-17)18-11-22-14-6-2-4-8-16(14)24-18/h1-8,10-12H,9H2. The molecule has 4 rings (SSSR count). The molecule has 0 amide bonds. The third-order valence-corrected chi connectivity index (χ3v) is 3.70. The van der Waals surface area contributed by atoms with E-state index in [0.717, 1.165) is 0 Å². The zero-order chi connectivity index (χ0) is 16.4. The van der Waals surface area contributed by atoms with Gasteiger partial charge in [-0.25, -0.2) is 0 Å². The molecule has 0 atom stereocenters. The lowest BCUT2D eigenvalue weighted by atomic mass is 10.1. The van der Waals surface area contributed by atoms with Crippen LogP contribution >= 0.6 is 0 Å². The van der Waals surface area contributed by atoms with Gasteiger partial charge in [0, 0.05) is 0 Å². The molecule has 0 aromatic heterocycles. The highest BCUT2D eigenvalue weighted by Crippen LogP contribution is 2.39. The van der Waals surface area contributed by atoms with Crippen molar-refractivity contribution < 1.29 is 18.9 Å². The van der Waals surface area contributed by atoms with Crippen molar-refractivity contribution in [1.82, 2.24) is 0 Å². The van der Waals surface area contributed by atoms with Gasteiger partial charge in [-0.1, -0.05) is 29.4 Å². The molecule has 2 aliphatic rings. The Labute approximate surface area is 137 Å². The molecule has 2 aliphatic heterocycles. The van der Waals surface area contributed by atoms with Gasteiger partial charge >= 0.3 is 0 Å². The van der Waals surface area contributed by atoms with Crippen molar-refractivity contribution in [2.24, 2.45) is 11.1 Å². The van der Waals surface area contributed by atoms with Gasteiger partial charge in [0.2, 0.25) is 0 Å². The summed E-state index contributed by atoms with van der Waals surface area (Å²) in [5.41, 5.74) is 0. The van der Waals surface area contributed by atoms with Crippen molar-refractivity contribution in [2.45, 2.75) is 0 Å². The van der Waals surface area contributed by atoms with Crippen molar-refractivity contribution >= 4 is 0 Å². The number of benzene rings is 2. The molecule has 0 spiro atoms. The van der Waals surface area contributed by atoms with E-state index in [1.807, 2.05) is 24.3 Å². The Balaban J connectivity index is 1.61. The first-order chi connectivity index (χ1) is 11.8. The van der Waals surface area contributed by atoms with Gasteiger partial charge in [0.15, 0.2) is 34.5 Å². The second-order valence-corrected chi connectivity index (χ2v) is 5.24. The Morgan fingerprint density at radius 1 is 0.750 bits per heavy atom. The predicted molar refractivity (Wildman–Crippen MR) is 85.7 cm³/mol. The van der Waals surface area contributed by atoms with Crippen LogP contribution in [0.15, 0.2) is 77.8 Å². The Kier molecular flexibility index (Phi) is 3.63. The maximum absolute atomic E-state index is 10.9. The summed E-state index contributed by atoms with van der Waals surface area (Å²) < 4.78 is 22.8. The summed E-state index contributed by atoms with van der Waals surface area (Å²) in [4.78, 5) is 10.9. The molecule has 6 heteroatoms. The highest BCUT2D eigenvalue weighted by Gasteiger charge is 2.30. The van der Waals surface area contributed by atoms with Crippen LogP contribution < -0.4 is 18.9 Å². The Bertz CT molecular complexity index is 777. The monoisotopic (exact) mass is 323 g/mol. The number of nitrogens with zero attached hydrogens (tertiary/aromatic N) is 1. The van der Waals surface area contributed by atoms with Crippen molar-refractivity contribution in [3.63, 3.8) is 0 Å². The highest BCUT2D eigenvalue weighted by atomic mass is 16.6. The van der Waals surface area contributed by atoms with Gasteiger partial charge in [-0.2, -0.15) is 4.91 Å². The van der Waals surface area contributed by atoms with E-state index in [0.29, 0.717) is 34.5 Å². The minimum absolute atomic E-state index is 0.0608. The van der Waals surface area contributed by atoms with Crippen LogP contribution in [0.25, 0.3) is 0 Å². The topological polar surface area (TPSA) is 66.4 Å². The van der Waals surface area contributed by atoms with E-state index < -0.39 is 5.92 Å². The number of para-hydroxylation sites is 4. The zero-order valence-electron chi connectivity index (χ0n) is 12.5.